The minimum Gasteiger partial charge on any atom is -0.309 e. The molecule has 0 unspecified atom stereocenters. The predicted octanol–water partition coefficient (Wildman–Crippen LogP) is 4.54. The first-order valence-corrected chi connectivity index (χ1v) is 11.5. The van der Waals surface area contributed by atoms with Gasteiger partial charge >= 0.3 is 0 Å². The Morgan fingerprint density at radius 2 is 1.94 bits per heavy atom. The van der Waals surface area contributed by atoms with Gasteiger partial charge in [0.05, 0.1) is 16.8 Å². The summed E-state index contributed by atoms with van der Waals surface area (Å²) in [5.41, 5.74) is 5.03. The first kappa shape index (κ1) is 19.7. The molecule has 3 aromatic heterocycles. The van der Waals surface area contributed by atoms with E-state index in [0.29, 0.717) is 22.1 Å². The molecule has 154 valence electrons. The quantitative estimate of drug-likeness (QED) is 0.399. The standard InChI is InChI=1S/C22H18N6OS2/c1-13-7-6-10-17(14(13)2)28-22(25-26-27-28)31-12-18-23-20(29)19-16(11-30-21(19)24-18)15-8-4-3-5-9-15/h3-11H,12H2,1-2H3,(H,23,24,29). The van der Waals surface area contributed by atoms with Crippen molar-refractivity contribution < 1.29 is 0 Å². The van der Waals surface area contributed by atoms with Crippen LogP contribution in [0.15, 0.2) is 63.9 Å². The molecule has 2 aromatic carbocycles. The van der Waals surface area contributed by atoms with Crippen LogP contribution in [0.2, 0.25) is 0 Å². The van der Waals surface area contributed by atoms with E-state index in [1.807, 2.05) is 47.8 Å². The number of aromatic amines is 1. The van der Waals surface area contributed by atoms with Crippen LogP contribution in [0.25, 0.3) is 27.0 Å². The summed E-state index contributed by atoms with van der Waals surface area (Å²) >= 11 is 2.91. The fourth-order valence-corrected chi connectivity index (χ4v) is 5.13. The second kappa shape index (κ2) is 8.09. The highest BCUT2D eigenvalue weighted by atomic mass is 32.2. The van der Waals surface area contributed by atoms with Gasteiger partial charge in [-0.1, -0.05) is 54.2 Å². The van der Waals surface area contributed by atoms with Crippen molar-refractivity contribution in [1.29, 1.82) is 0 Å². The van der Waals surface area contributed by atoms with Crippen LogP contribution < -0.4 is 5.56 Å². The van der Waals surface area contributed by atoms with Crippen molar-refractivity contribution in [1.82, 2.24) is 30.2 Å². The molecule has 0 atom stereocenters. The highest BCUT2D eigenvalue weighted by molar-refractivity contribution is 7.98. The molecular weight excluding hydrogens is 428 g/mol. The number of thioether (sulfide) groups is 1. The third-order valence-corrected chi connectivity index (χ3v) is 6.96. The average Bonchev–Trinajstić information content (AvgIpc) is 3.42. The Balaban J connectivity index is 1.44. The number of rotatable bonds is 5. The van der Waals surface area contributed by atoms with Crippen molar-refractivity contribution in [2.75, 3.05) is 0 Å². The number of aromatic nitrogens is 6. The maximum absolute atomic E-state index is 12.8. The summed E-state index contributed by atoms with van der Waals surface area (Å²) in [5, 5.41) is 15.4. The number of fused-ring (bicyclic) bond motifs is 1. The van der Waals surface area contributed by atoms with E-state index in [4.69, 9.17) is 0 Å². The van der Waals surface area contributed by atoms with Gasteiger partial charge < -0.3 is 4.98 Å². The topological polar surface area (TPSA) is 89.3 Å². The van der Waals surface area contributed by atoms with Crippen LogP contribution in [0.1, 0.15) is 17.0 Å². The highest BCUT2D eigenvalue weighted by Gasteiger charge is 2.15. The van der Waals surface area contributed by atoms with E-state index < -0.39 is 0 Å². The molecule has 0 aliphatic heterocycles. The monoisotopic (exact) mass is 446 g/mol. The number of H-pyrrole nitrogens is 1. The lowest BCUT2D eigenvalue weighted by Crippen LogP contribution is -2.11. The first-order chi connectivity index (χ1) is 15.1. The number of thiophene rings is 1. The van der Waals surface area contributed by atoms with Gasteiger partial charge in [-0.3, -0.25) is 4.79 Å². The minimum atomic E-state index is -0.130. The average molecular weight is 447 g/mol. The number of nitrogens with one attached hydrogen (secondary N) is 1. The molecule has 0 saturated carbocycles. The highest BCUT2D eigenvalue weighted by Crippen LogP contribution is 2.31. The van der Waals surface area contributed by atoms with Crippen molar-refractivity contribution in [2.45, 2.75) is 24.8 Å². The molecular formula is C22H18N6OS2. The predicted molar refractivity (Wildman–Crippen MR) is 124 cm³/mol. The Hall–Kier alpha value is -3.30. The summed E-state index contributed by atoms with van der Waals surface area (Å²) in [7, 11) is 0. The SMILES string of the molecule is Cc1cccc(-n2nnnc2SCc2nc3scc(-c4ccccc4)c3c(=O)[nH]2)c1C. The van der Waals surface area contributed by atoms with Gasteiger partial charge in [0.1, 0.15) is 10.7 Å². The van der Waals surface area contributed by atoms with Crippen molar-refractivity contribution in [3.05, 3.63) is 81.2 Å². The summed E-state index contributed by atoms with van der Waals surface area (Å²) in [6.45, 7) is 4.11. The molecule has 0 fully saturated rings. The molecule has 7 nitrogen and oxygen atoms in total. The summed E-state index contributed by atoms with van der Waals surface area (Å²) in [6.07, 6.45) is 0. The van der Waals surface area contributed by atoms with Gasteiger partial charge in [-0.15, -0.1) is 16.4 Å². The van der Waals surface area contributed by atoms with Crippen LogP contribution in [-0.4, -0.2) is 30.2 Å². The van der Waals surface area contributed by atoms with Crippen LogP contribution in [0, 0.1) is 13.8 Å². The maximum Gasteiger partial charge on any atom is 0.260 e. The number of benzene rings is 2. The largest absolute Gasteiger partial charge is 0.309 e. The number of nitrogens with zero attached hydrogens (tertiary/aromatic N) is 5. The summed E-state index contributed by atoms with van der Waals surface area (Å²) < 4.78 is 1.72. The Morgan fingerprint density at radius 1 is 1.10 bits per heavy atom. The van der Waals surface area contributed by atoms with E-state index in [-0.39, 0.29) is 5.56 Å². The van der Waals surface area contributed by atoms with Crippen molar-refractivity contribution in [3.63, 3.8) is 0 Å². The van der Waals surface area contributed by atoms with Gasteiger partial charge in [-0.2, -0.15) is 4.68 Å². The summed E-state index contributed by atoms with van der Waals surface area (Å²) in [5.74, 6) is 1.05. The molecule has 0 saturated heterocycles. The summed E-state index contributed by atoms with van der Waals surface area (Å²) in [6, 6.07) is 15.9. The van der Waals surface area contributed by atoms with Crippen LogP contribution in [0.3, 0.4) is 0 Å². The molecule has 3 heterocycles. The van der Waals surface area contributed by atoms with Crippen LogP contribution in [0.4, 0.5) is 0 Å². The molecule has 5 aromatic rings. The maximum atomic E-state index is 12.8. The molecule has 0 radical (unpaired) electrons. The van der Waals surface area contributed by atoms with Gasteiger partial charge in [0.25, 0.3) is 5.56 Å². The fourth-order valence-electron chi connectivity index (χ4n) is 3.41. The van der Waals surface area contributed by atoms with E-state index >= 15 is 0 Å². The lowest BCUT2D eigenvalue weighted by molar-refractivity contribution is 0.750. The Morgan fingerprint density at radius 3 is 2.77 bits per heavy atom. The zero-order valence-electron chi connectivity index (χ0n) is 16.9. The number of hydrogen-bond acceptors (Lipinski definition) is 7. The van der Waals surface area contributed by atoms with E-state index in [9.17, 15) is 4.79 Å². The second-order valence-electron chi connectivity index (χ2n) is 7.09. The number of tetrazole rings is 1. The fraction of sp³-hybridized carbons (Fsp3) is 0.136. The third-order valence-electron chi connectivity index (χ3n) is 5.16. The van der Waals surface area contributed by atoms with Crippen molar-refractivity contribution >= 4 is 33.3 Å². The van der Waals surface area contributed by atoms with E-state index in [0.717, 1.165) is 27.2 Å². The molecule has 5 rings (SSSR count). The first-order valence-electron chi connectivity index (χ1n) is 9.65. The van der Waals surface area contributed by atoms with Crippen molar-refractivity contribution in [2.24, 2.45) is 0 Å². The smallest absolute Gasteiger partial charge is 0.260 e. The Labute approximate surface area is 186 Å². The molecule has 0 bridgehead atoms. The minimum absolute atomic E-state index is 0.130. The van der Waals surface area contributed by atoms with Gasteiger partial charge in [-0.25, -0.2) is 4.98 Å². The molecule has 0 spiro atoms. The van der Waals surface area contributed by atoms with Crippen LogP contribution >= 0.6 is 23.1 Å². The molecule has 0 aliphatic carbocycles. The van der Waals surface area contributed by atoms with E-state index in [2.05, 4.69) is 45.4 Å². The second-order valence-corrected chi connectivity index (χ2v) is 8.89. The molecule has 1 N–H and O–H groups in total. The van der Waals surface area contributed by atoms with Gasteiger partial charge in [-0.05, 0) is 47.0 Å². The lowest BCUT2D eigenvalue weighted by atomic mass is 10.1. The van der Waals surface area contributed by atoms with Crippen LogP contribution in [-0.2, 0) is 5.75 Å². The summed E-state index contributed by atoms with van der Waals surface area (Å²) in [4.78, 5) is 21.2. The van der Waals surface area contributed by atoms with Gasteiger partial charge in [0.2, 0.25) is 5.16 Å². The van der Waals surface area contributed by atoms with E-state index in [1.165, 1.54) is 28.7 Å². The Bertz CT molecular complexity index is 1440. The third kappa shape index (κ3) is 3.66. The van der Waals surface area contributed by atoms with Gasteiger partial charge in [0, 0.05) is 10.9 Å². The zero-order valence-corrected chi connectivity index (χ0v) is 18.5. The molecule has 0 aliphatic rings. The van der Waals surface area contributed by atoms with E-state index in [1.54, 1.807) is 4.68 Å². The zero-order chi connectivity index (χ0) is 21.4. The molecule has 0 amide bonds. The van der Waals surface area contributed by atoms with Crippen molar-refractivity contribution in [3.8, 4) is 16.8 Å². The molecule has 9 heteroatoms. The number of hydrogen-bond donors (Lipinski definition) is 1. The Kier molecular flexibility index (Phi) is 5.13. The molecule has 31 heavy (non-hydrogen) atoms. The number of aryl methyl sites for hydroxylation is 1. The normalized spacial score (nSPS) is 11.3. The van der Waals surface area contributed by atoms with Crippen LogP contribution in [0.5, 0.6) is 0 Å². The lowest BCUT2D eigenvalue weighted by Gasteiger charge is -2.09. The van der Waals surface area contributed by atoms with Gasteiger partial charge in [0.15, 0.2) is 0 Å².